The van der Waals surface area contributed by atoms with Crippen LogP contribution in [0, 0.1) is 0 Å². The lowest BCUT2D eigenvalue weighted by atomic mass is 9.84. The lowest BCUT2D eigenvalue weighted by molar-refractivity contribution is -0.136. The van der Waals surface area contributed by atoms with E-state index < -0.39 is 17.9 Å². The molecule has 0 saturated carbocycles. The molecule has 0 aromatic carbocycles. The summed E-state index contributed by atoms with van der Waals surface area (Å²) in [6, 6.07) is 5.15. The Morgan fingerprint density at radius 3 is 2.26 bits per heavy atom. The summed E-state index contributed by atoms with van der Waals surface area (Å²) in [5.41, 5.74) is 2.49. The number of thiophene rings is 1. The van der Waals surface area contributed by atoms with Gasteiger partial charge < -0.3 is 23.9 Å². The van der Waals surface area contributed by atoms with Gasteiger partial charge in [0.15, 0.2) is 0 Å². The number of dihydropyridines is 1. The Kier molecular flexibility index (Phi) is 8.35. The molecular weight excluding hydrogens is 422 g/mol. The van der Waals surface area contributed by atoms with E-state index in [2.05, 4.69) is 10.1 Å². The Hall–Kier alpha value is -3.17. The van der Waals surface area contributed by atoms with Crippen molar-refractivity contribution < 1.29 is 33.0 Å². The van der Waals surface area contributed by atoms with E-state index in [0.717, 1.165) is 0 Å². The number of methoxy groups -OCH3 is 3. The highest BCUT2D eigenvalue weighted by molar-refractivity contribution is 7.12. The van der Waals surface area contributed by atoms with E-state index in [0.29, 0.717) is 50.8 Å². The summed E-state index contributed by atoms with van der Waals surface area (Å²) >= 11 is 1.24. The van der Waals surface area contributed by atoms with Gasteiger partial charge in [-0.05, 0) is 37.4 Å². The molecule has 0 amide bonds. The molecule has 0 bridgehead atoms. The maximum absolute atomic E-state index is 12.4. The molecule has 3 heterocycles. The molecule has 0 aliphatic carbocycles. The second kappa shape index (κ2) is 10.7. The fourth-order valence-corrected chi connectivity index (χ4v) is 4.06. The third-order valence-electron chi connectivity index (χ3n) is 4.56. The van der Waals surface area contributed by atoms with E-state index in [1.807, 2.05) is 0 Å². The van der Waals surface area contributed by atoms with Crippen LogP contribution in [0.25, 0.3) is 11.3 Å². The number of hydrogen-bond donors (Lipinski definition) is 1. The molecule has 0 saturated heterocycles. The summed E-state index contributed by atoms with van der Waals surface area (Å²) in [6.07, 6.45) is 0.703. The molecule has 2 aromatic rings. The molecule has 1 aliphatic heterocycles. The van der Waals surface area contributed by atoms with Crippen molar-refractivity contribution in [1.82, 2.24) is 5.32 Å². The molecule has 0 spiro atoms. The summed E-state index contributed by atoms with van der Waals surface area (Å²) in [5, 5.41) is 4.80. The standard InChI is InChI=1S/C20H19NO6S.C2H6O/c1-10-13(9-22)17(16(11(2)21-10)19(23)25-3)15-6-5-14(27-15)12-7-8-28-18(12)20(24)26-4;1-3-2/h5-9,17,21H,1-4H3;1-2H3. The molecule has 9 heteroatoms. The number of aldehydes is 1. The van der Waals surface area contributed by atoms with Gasteiger partial charge in [-0.25, -0.2) is 9.59 Å². The Balaban J connectivity index is 0.00000107. The van der Waals surface area contributed by atoms with Gasteiger partial charge in [0.1, 0.15) is 22.7 Å². The van der Waals surface area contributed by atoms with Gasteiger partial charge in [0, 0.05) is 36.8 Å². The van der Waals surface area contributed by atoms with Crippen molar-refractivity contribution in [3.8, 4) is 11.3 Å². The lowest BCUT2D eigenvalue weighted by Gasteiger charge is -2.27. The first-order valence-corrected chi connectivity index (χ1v) is 10.1. The van der Waals surface area contributed by atoms with Gasteiger partial charge in [0.25, 0.3) is 0 Å². The molecular formula is C22H25NO7S. The molecule has 31 heavy (non-hydrogen) atoms. The van der Waals surface area contributed by atoms with Crippen molar-refractivity contribution in [2.24, 2.45) is 0 Å². The van der Waals surface area contributed by atoms with Crippen LogP contribution in [-0.2, 0) is 23.8 Å². The molecule has 8 nitrogen and oxygen atoms in total. The first kappa shape index (κ1) is 24.1. The molecule has 1 aliphatic rings. The largest absolute Gasteiger partial charge is 0.466 e. The van der Waals surface area contributed by atoms with Gasteiger partial charge in [0.2, 0.25) is 0 Å². The van der Waals surface area contributed by atoms with E-state index in [-0.39, 0.29) is 0 Å². The highest BCUT2D eigenvalue weighted by Crippen LogP contribution is 2.40. The number of allylic oxidation sites excluding steroid dienone is 3. The Morgan fingerprint density at radius 2 is 1.68 bits per heavy atom. The minimum absolute atomic E-state index is 0.301. The lowest BCUT2D eigenvalue weighted by Crippen LogP contribution is -2.29. The minimum atomic E-state index is -0.708. The van der Waals surface area contributed by atoms with Gasteiger partial charge in [0.05, 0.1) is 25.7 Å². The smallest absolute Gasteiger partial charge is 0.348 e. The van der Waals surface area contributed by atoms with Crippen LogP contribution in [0.1, 0.15) is 35.2 Å². The molecule has 1 unspecified atom stereocenters. The third-order valence-corrected chi connectivity index (χ3v) is 5.45. The van der Waals surface area contributed by atoms with Gasteiger partial charge in [-0.15, -0.1) is 11.3 Å². The Labute approximate surface area is 184 Å². The molecule has 3 rings (SSSR count). The normalized spacial score (nSPS) is 15.6. The fraction of sp³-hybridized carbons (Fsp3) is 0.318. The van der Waals surface area contributed by atoms with Crippen LogP contribution >= 0.6 is 11.3 Å². The van der Waals surface area contributed by atoms with E-state index in [9.17, 15) is 14.4 Å². The number of rotatable bonds is 5. The Bertz CT molecular complexity index is 1030. The summed E-state index contributed by atoms with van der Waals surface area (Å²) in [4.78, 5) is 36.5. The molecule has 166 valence electrons. The average Bonchev–Trinajstić information content (AvgIpc) is 3.42. The van der Waals surface area contributed by atoms with Crippen molar-refractivity contribution in [2.75, 3.05) is 28.4 Å². The number of carbonyl (C=O) groups excluding carboxylic acids is 3. The van der Waals surface area contributed by atoms with Crippen molar-refractivity contribution in [3.05, 3.63) is 56.8 Å². The predicted octanol–water partition coefficient (Wildman–Crippen LogP) is 3.66. The second-order valence-corrected chi connectivity index (χ2v) is 7.47. The maximum Gasteiger partial charge on any atom is 0.348 e. The quantitative estimate of drug-likeness (QED) is 0.547. The van der Waals surface area contributed by atoms with Gasteiger partial charge in [-0.3, -0.25) is 4.79 Å². The van der Waals surface area contributed by atoms with Crippen molar-refractivity contribution in [1.29, 1.82) is 0 Å². The van der Waals surface area contributed by atoms with E-state index in [1.54, 1.807) is 51.6 Å². The minimum Gasteiger partial charge on any atom is -0.466 e. The number of nitrogens with one attached hydrogen (secondary N) is 1. The van der Waals surface area contributed by atoms with Crippen molar-refractivity contribution in [3.63, 3.8) is 0 Å². The highest BCUT2D eigenvalue weighted by atomic mass is 32.1. The van der Waals surface area contributed by atoms with Crippen LogP contribution in [0.3, 0.4) is 0 Å². The first-order chi connectivity index (χ1) is 14.8. The SMILES string of the molecule is COC.COC(=O)C1=C(C)NC(C)=C(C=O)C1c1ccc(-c2ccsc2C(=O)OC)o1. The molecule has 0 fully saturated rings. The second-order valence-electron chi connectivity index (χ2n) is 6.55. The Morgan fingerprint density at radius 1 is 1.03 bits per heavy atom. The molecule has 1 N–H and O–H groups in total. The van der Waals surface area contributed by atoms with Crippen LogP contribution in [0.2, 0.25) is 0 Å². The van der Waals surface area contributed by atoms with E-state index >= 15 is 0 Å². The van der Waals surface area contributed by atoms with Crippen LogP contribution in [0.5, 0.6) is 0 Å². The number of hydrogen-bond acceptors (Lipinski definition) is 9. The monoisotopic (exact) mass is 447 g/mol. The van der Waals surface area contributed by atoms with Gasteiger partial charge >= 0.3 is 11.9 Å². The fourth-order valence-electron chi connectivity index (χ4n) is 3.25. The molecule has 2 aromatic heterocycles. The van der Waals surface area contributed by atoms with Crippen LogP contribution < -0.4 is 5.32 Å². The third kappa shape index (κ3) is 4.95. The number of carbonyl (C=O) groups is 3. The van der Waals surface area contributed by atoms with Gasteiger partial charge in [-0.2, -0.15) is 0 Å². The van der Waals surface area contributed by atoms with E-state index in [4.69, 9.17) is 13.9 Å². The number of ether oxygens (including phenoxy) is 3. The van der Waals surface area contributed by atoms with Crippen molar-refractivity contribution >= 4 is 29.6 Å². The zero-order valence-electron chi connectivity index (χ0n) is 18.2. The highest BCUT2D eigenvalue weighted by Gasteiger charge is 2.36. The van der Waals surface area contributed by atoms with Gasteiger partial charge in [-0.1, -0.05) is 0 Å². The zero-order valence-corrected chi connectivity index (χ0v) is 19.0. The number of furan rings is 1. The van der Waals surface area contributed by atoms with Crippen LogP contribution in [-0.4, -0.2) is 46.7 Å². The molecule has 0 radical (unpaired) electrons. The van der Waals surface area contributed by atoms with Crippen molar-refractivity contribution in [2.45, 2.75) is 19.8 Å². The summed E-state index contributed by atoms with van der Waals surface area (Å²) < 4.78 is 20.0. The average molecular weight is 448 g/mol. The predicted molar refractivity (Wildman–Crippen MR) is 116 cm³/mol. The topological polar surface area (TPSA) is 104 Å². The van der Waals surface area contributed by atoms with Crippen LogP contribution in [0.4, 0.5) is 0 Å². The van der Waals surface area contributed by atoms with Crippen LogP contribution in [0.15, 0.2) is 50.5 Å². The maximum atomic E-state index is 12.4. The first-order valence-electron chi connectivity index (χ1n) is 9.22. The summed E-state index contributed by atoms with van der Waals surface area (Å²) in [5.74, 6) is -0.870. The van der Waals surface area contributed by atoms with E-state index in [1.165, 1.54) is 25.6 Å². The molecule has 1 atom stereocenters. The number of esters is 2. The summed E-state index contributed by atoms with van der Waals surface area (Å²) in [7, 11) is 5.85. The zero-order chi connectivity index (χ0) is 23.1. The summed E-state index contributed by atoms with van der Waals surface area (Å²) in [6.45, 7) is 3.49.